The highest BCUT2D eigenvalue weighted by Gasteiger charge is 2.17. The van der Waals surface area contributed by atoms with Crippen LogP contribution in [0.1, 0.15) is 12.5 Å². The number of rotatable bonds is 5. The monoisotopic (exact) mass is 291 g/mol. The Kier molecular flexibility index (Phi) is 4.84. The van der Waals surface area contributed by atoms with Crippen molar-refractivity contribution < 1.29 is 13.7 Å². The first-order valence-corrected chi connectivity index (χ1v) is 7.86. The van der Waals surface area contributed by atoms with Crippen LogP contribution in [0.2, 0.25) is 0 Å². The number of nitrogens with zero attached hydrogens (tertiary/aromatic N) is 1. The molecule has 0 aliphatic carbocycles. The second kappa shape index (κ2) is 6.61. The summed E-state index contributed by atoms with van der Waals surface area (Å²) in [7, 11) is 0.223. The van der Waals surface area contributed by atoms with Crippen LogP contribution in [0, 0.1) is 5.92 Å². The molecule has 0 aliphatic heterocycles. The van der Waals surface area contributed by atoms with Crippen molar-refractivity contribution in [3.63, 3.8) is 0 Å². The van der Waals surface area contributed by atoms with Gasteiger partial charge in [-0.2, -0.15) is 0 Å². The number of para-hydroxylation sites is 1. The third kappa shape index (κ3) is 3.42. The molecule has 0 aliphatic rings. The average Bonchev–Trinajstić information content (AvgIpc) is 2.46. The van der Waals surface area contributed by atoms with E-state index in [1.807, 2.05) is 30.3 Å². The van der Waals surface area contributed by atoms with Gasteiger partial charge in [0.15, 0.2) is 0 Å². The first-order chi connectivity index (χ1) is 9.61. The topological polar surface area (TPSA) is 56.3 Å². The van der Waals surface area contributed by atoms with Gasteiger partial charge in [-0.05, 0) is 11.6 Å². The third-order valence-electron chi connectivity index (χ3n) is 3.07. The van der Waals surface area contributed by atoms with Gasteiger partial charge >= 0.3 is 5.97 Å². The number of carbonyl (C=O) groups excluding carboxylic acids is 1. The molecule has 0 amide bonds. The van der Waals surface area contributed by atoms with Gasteiger partial charge in [0.05, 0.1) is 24.3 Å². The number of hydrogen-bond donors (Lipinski definition) is 0. The van der Waals surface area contributed by atoms with E-state index in [1.54, 1.807) is 13.1 Å². The largest absolute Gasteiger partial charge is 0.469 e. The first kappa shape index (κ1) is 14.7. The molecule has 0 saturated carbocycles. The van der Waals surface area contributed by atoms with Crippen LogP contribution < -0.4 is 0 Å². The van der Waals surface area contributed by atoms with Crippen molar-refractivity contribution >= 4 is 27.7 Å². The number of pyridine rings is 1. The molecule has 1 aromatic heterocycles. The molecule has 0 bridgehead atoms. The van der Waals surface area contributed by atoms with Crippen LogP contribution in [-0.4, -0.2) is 28.0 Å². The Morgan fingerprint density at radius 3 is 2.85 bits per heavy atom. The Morgan fingerprint density at radius 2 is 2.10 bits per heavy atom. The van der Waals surface area contributed by atoms with E-state index in [-0.39, 0.29) is 11.9 Å². The normalized spacial score (nSPS) is 13.9. The minimum absolute atomic E-state index is 0.301. The summed E-state index contributed by atoms with van der Waals surface area (Å²) in [6.45, 7) is 1.73. The van der Waals surface area contributed by atoms with E-state index in [4.69, 9.17) is 0 Å². The predicted octanol–water partition coefficient (Wildman–Crippen LogP) is 2.29. The molecule has 106 valence electrons. The van der Waals surface area contributed by atoms with Gasteiger partial charge in [-0.1, -0.05) is 31.2 Å². The number of fused-ring (bicyclic) bond motifs is 1. The Morgan fingerprint density at radius 1 is 1.35 bits per heavy atom. The van der Waals surface area contributed by atoms with Gasteiger partial charge in [-0.25, -0.2) is 0 Å². The zero-order valence-corrected chi connectivity index (χ0v) is 12.4. The van der Waals surface area contributed by atoms with Crippen LogP contribution in [0.3, 0.4) is 0 Å². The van der Waals surface area contributed by atoms with E-state index in [0.717, 1.165) is 16.5 Å². The molecule has 2 aromatic rings. The molecule has 2 rings (SSSR count). The zero-order chi connectivity index (χ0) is 14.5. The Bertz CT molecular complexity index is 637. The summed E-state index contributed by atoms with van der Waals surface area (Å²) in [6, 6.07) is 9.69. The SMILES string of the molecule is COC(=O)C(C)CS(=O)Cc1cccc2cccnc12. The van der Waals surface area contributed by atoms with E-state index >= 15 is 0 Å². The van der Waals surface area contributed by atoms with E-state index in [0.29, 0.717) is 11.5 Å². The summed E-state index contributed by atoms with van der Waals surface area (Å²) in [5.41, 5.74) is 1.81. The van der Waals surface area contributed by atoms with Gasteiger partial charge in [0.25, 0.3) is 0 Å². The molecule has 0 N–H and O–H groups in total. The summed E-state index contributed by atoms with van der Waals surface area (Å²) >= 11 is 0. The molecule has 20 heavy (non-hydrogen) atoms. The molecular weight excluding hydrogens is 274 g/mol. The van der Waals surface area contributed by atoms with Crippen molar-refractivity contribution in [1.82, 2.24) is 4.98 Å². The lowest BCUT2D eigenvalue weighted by Crippen LogP contribution is -2.20. The second-order valence-electron chi connectivity index (χ2n) is 4.67. The number of methoxy groups -OCH3 is 1. The van der Waals surface area contributed by atoms with E-state index < -0.39 is 10.8 Å². The van der Waals surface area contributed by atoms with E-state index in [2.05, 4.69) is 9.72 Å². The van der Waals surface area contributed by atoms with Crippen LogP contribution in [0.15, 0.2) is 36.5 Å². The van der Waals surface area contributed by atoms with Crippen LogP contribution in [0.25, 0.3) is 10.9 Å². The number of hydrogen-bond acceptors (Lipinski definition) is 4. The summed E-state index contributed by atoms with van der Waals surface area (Å²) in [5.74, 6) is 0.0177. The number of aromatic nitrogens is 1. The van der Waals surface area contributed by atoms with Gasteiger partial charge in [0.2, 0.25) is 0 Å². The van der Waals surface area contributed by atoms with Crippen molar-refractivity contribution in [2.75, 3.05) is 12.9 Å². The molecule has 5 heteroatoms. The summed E-state index contributed by atoms with van der Waals surface area (Å²) in [5, 5.41) is 1.03. The Balaban J connectivity index is 2.12. The fourth-order valence-corrected chi connectivity index (χ4v) is 3.46. The van der Waals surface area contributed by atoms with Crippen molar-refractivity contribution in [2.45, 2.75) is 12.7 Å². The minimum atomic E-state index is -1.12. The number of benzene rings is 1. The molecule has 0 radical (unpaired) electrons. The quantitative estimate of drug-likeness (QED) is 0.793. The molecule has 4 nitrogen and oxygen atoms in total. The highest BCUT2D eigenvalue weighted by molar-refractivity contribution is 7.84. The second-order valence-corrected chi connectivity index (χ2v) is 6.17. The van der Waals surface area contributed by atoms with Crippen LogP contribution >= 0.6 is 0 Å². The third-order valence-corrected chi connectivity index (χ3v) is 4.58. The predicted molar refractivity (Wildman–Crippen MR) is 79.6 cm³/mol. The first-order valence-electron chi connectivity index (χ1n) is 6.37. The lowest BCUT2D eigenvalue weighted by Gasteiger charge is -2.09. The molecule has 1 aromatic carbocycles. The summed E-state index contributed by atoms with van der Waals surface area (Å²) < 4.78 is 16.8. The smallest absolute Gasteiger partial charge is 0.309 e. The molecule has 0 saturated heterocycles. The van der Waals surface area contributed by atoms with Gasteiger partial charge in [0.1, 0.15) is 0 Å². The van der Waals surface area contributed by atoms with Crippen molar-refractivity contribution in [3.05, 3.63) is 42.1 Å². The number of carbonyl (C=O) groups is 1. The lowest BCUT2D eigenvalue weighted by atomic mass is 10.1. The molecule has 2 atom stereocenters. The fraction of sp³-hybridized carbons (Fsp3) is 0.333. The highest BCUT2D eigenvalue weighted by atomic mass is 32.2. The van der Waals surface area contributed by atoms with Crippen molar-refractivity contribution in [1.29, 1.82) is 0 Å². The number of esters is 1. The maximum Gasteiger partial charge on any atom is 0.309 e. The van der Waals surface area contributed by atoms with Crippen molar-refractivity contribution in [3.8, 4) is 0 Å². The number of ether oxygens (including phenoxy) is 1. The van der Waals surface area contributed by atoms with Gasteiger partial charge < -0.3 is 4.74 Å². The summed E-state index contributed by atoms with van der Waals surface area (Å²) in [6.07, 6.45) is 1.73. The van der Waals surface area contributed by atoms with Gasteiger partial charge in [0, 0.05) is 28.1 Å². The van der Waals surface area contributed by atoms with Gasteiger partial charge in [-0.15, -0.1) is 0 Å². The van der Waals surface area contributed by atoms with Crippen molar-refractivity contribution in [2.24, 2.45) is 5.92 Å². The van der Waals surface area contributed by atoms with E-state index in [1.165, 1.54) is 7.11 Å². The highest BCUT2D eigenvalue weighted by Crippen LogP contribution is 2.18. The zero-order valence-electron chi connectivity index (χ0n) is 11.5. The molecule has 2 unspecified atom stereocenters. The lowest BCUT2D eigenvalue weighted by molar-refractivity contribution is -0.144. The molecule has 0 spiro atoms. The average molecular weight is 291 g/mol. The molecule has 0 fully saturated rings. The van der Waals surface area contributed by atoms with E-state index in [9.17, 15) is 9.00 Å². The minimum Gasteiger partial charge on any atom is -0.469 e. The maximum atomic E-state index is 12.2. The van der Waals surface area contributed by atoms with Crippen LogP contribution in [-0.2, 0) is 26.1 Å². The Labute approximate surface area is 120 Å². The van der Waals surface area contributed by atoms with Crippen LogP contribution in [0.4, 0.5) is 0 Å². The molecule has 1 heterocycles. The molecular formula is C15H17NO3S. The van der Waals surface area contributed by atoms with Gasteiger partial charge in [-0.3, -0.25) is 14.0 Å². The Hall–Kier alpha value is -1.75. The standard InChI is InChI=1S/C15H17NO3S/c1-11(15(17)19-2)9-20(18)10-13-6-3-5-12-7-4-8-16-14(12)13/h3-8,11H,9-10H2,1-2H3. The maximum absolute atomic E-state index is 12.2. The van der Waals surface area contributed by atoms with Crippen LogP contribution in [0.5, 0.6) is 0 Å². The summed E-state index contributed by atoms with van der Waals surface area (Å²) in [4.78, 5) is 15.7. The fourth-order valence-electron chi connectivity index (χ4n) is 2.06.